The van der Waals surface area contributed by atoms with Crippen LogP contribution in [0.25, 0.3) is 0 Å². The van der Waals surface area contributed by atoms with Gasteiger partial charge in [0.1, 0.15) is 0 Å². The molecule has 0 fully saturated rings. The summed E-state index contributed by atoms with van der Waals surface area (Å²) in [6.45, 7) is 7.60. The van der Waals surface area contributed by atoms with Gasteiger partial charge in [-0.25, -0.2) is 4.98 Å². The highest BCUT2D eigenvalue weighted by atomic mass is 16.1. The normalized spacial score (nSPS) is 11.4. The average molecular weight is 285 g/mol. The summed E-state index contributed by atoms with van der Waals surface area (Å²) >= 11 is 0. The first kappa shape index (κ1) is 15.3. The zero-order chi connectivity index (χ0) is 15.3. The Morgan fingerprint density at radius 1 is 1.19 bits per heavy atom. The molecule has 112 valence electrons. The van der Waals surface area contributed by atoms with E-state index in [1.165, 1.54) is 5.56 Å². The minimum absolute atomic E-state index is 0.0265. The smallest absolute Gasteiger partial charge is 0.220 e. The van der Waals surface area contributed by atoms with E-state index in [2.05, 4.69) is 55.3 Å². The molecular weight excluding hydrogens is 262 g/mol. The predicted molar refractivity (Wildman–Crippen MR) is 83.7 cm³/mol. The summed E-state index contributed by atoms with van der Waals surface area (Å²) < 4.78 is 2.03. The van der Waals surface area contributed by atoms with Gasteiger partial charge < -0.3 is 9.88 Å². The van der Waals surface area contributed by atoms with E-state index in [9.17, 15) is 4.79 Å². The third kappa shape index (κ3) is 5.42. The largest absolute Gasteiger partial charge is 0.352 e. The lowest BCUT2D eigenvalue weighted by Gasteiger charge is -2.17. The number of amides is 1. The fourth-order valence-electron chi connectivity index (χ4n) is 2.10. The molecule has 0 aliphatic carbocycles. The van der Waals surface area contributed by atoms with Gasteiger partial charge in [-0.15, -0.1) is 0 Å². The molecule has 4 heteroatoms. The molecule has 1 aromatic heterocycles. The van der Waals surface area contributed by atoms with Crippen LogP contribution in [0.4, 0.5) is 0 Å². The SMILES string of the molecule is CC(C)(C)CC(=O)NCc1ccc(Cn2ccnc2)cc1. The van der Waals surface area contributed by atoms with Gasteiger partial charge in [-0.3, -0.25) is 4.79 Å². The van der Waals surface area contributed by atoms with Gasteiger partial charge in [-0.05, 0) is 16.5 Å². The highest BCUT2D eigenvalue weighted by Gasteiger charge is 2.15. The Bertz CT molecular complexity index is 565. The number of nitrogens with one attached hydrogen (secondary N) is 1. The monoisotopic (exact) mass is 285 g/mol. The fourth-order valence-corrected chi connectivity index (χ4v) is 2.10. The first-order valence-electron chi connectivity index (χ1n) is 7.23. The van der Waals surface area contributed by atoms with Crippen LogP contribution in [-0.2, 0) is 17.9 Å². The Morgan fingerprint density at radius 2 is 1.86 bits per heavy atom. The van der Waals surface area contributed by atoms with E-state index in [4.69, 9.17) is 0 Å². The van der Waals surface area contributed by atoms with Crippen molar-refractivity contribution in [3.63, 3.8) is 0 Å². The van der Waals surface area contributed by atoms with E-state index in [1.54, 1.807) is 12.5 Å². The second kappa shape index (κ2) is 6.57. The molecule has 1 heterocycles. The van der Waals surface area contributed by atoms with Gasteiger partial charge in [0, 0.05) is 31.9 Å². The summed E-state index contributed by atoms with van der Waals surface area (Å²) in [4.78, 5) is 15.8. The zero-order valence-corrected chi connectivity index (χ0v) is 13.0. The molecule has 0 saturated carbocycles. The molecule has 0 saturated heterocycles. The molecule has 0 spiro atoms. The Morgan fingerprint density at radius 3 is 2.43 bits per heavy atom. The summed E-state index contributed by atoms with van der Waals surface area (Å²) in [5.74, 6) is 0.102. The van der Waals surface area contributed by atoms with Crippen LogP contribution in [0.1, 0.15) is 38.3 Å². The van der Waals surface area contributed by atoms with Crippen molar-refractivity contribution in [3.8, 4) is 0 Å². The molecule has 1 N–H and O–H groups in total. The lowest BCUT2D eigenvalue weighted by atomic mass is 9.92. The number of carbonyl (C=O) groups is 1. The molecular formula is C17H23N3O. The number of imidazole rings is 1. The third-order valence-electron chi connectivity index (χ3n) is 3.13. The van der Waals surface area contributed by atoms with Crippen molar-refractivity contribution in [2.45, 2.75) is 40.3 Å². The predicted octanol–water partition coefficient (Wildman–Crippen LogP) is 2.98. The molecule has 21 heavy (non-hydrogen) atoms. The molecule has 0 aliphatic rings. The van der Waals surface area contributed by atoms with Gasteiger partial charge in [-0.1, -0.05) is 45.0 Å². The Labute approximate surface area is 126 Å². The lowest BCUT2D eigenvalue weighted by molar-refractivity contribution is -0.122. The van der Waals surface area contributed by atoms with Crippen molar-refractivity contribution in [2.75, 3.05) is 0 Å². The minimum atomic E-state index is 0.0265. The average Bonchev–Trinajstić information content (AvgIpc) is 2.89. The second-order valence-electron chi connectivity index (χ2n) is 6.57. The molecule has 0 aliphatic heterocycles. The number of nitrogens with zero attached hydrogens (tertiary/aromatic N) is 2. The van der Waals surface area contributed by atoms with Crippen molar-refractivity contribution >= 4 is 5.91 Å². The summed E-state index contributed by atoms with van der Waals surface area (Å²) in [6.07, 6.45) is 6.08. The van der Waals surface area contributed by atoms with Gasteiger partial charge in [-0.2, -0.15) is 0 Å². The van der Waals surface area contributed by atoms with Crippen molar-refractivity contribution in [1.29, 1.82) is 0 Å². The summed E-state index contributed by atoms with van der Waals surface area (Å²) in [5, 5.41) is 2.97. The van der Waals surface area contributed by atoms with E-state index in [1.807, 2.05) is 10.8 Å². The van der Waals surface area contributed by atoms with E-state index < -0.39 is 0 Å². The maximum absolute atomic E-state index is 11.8. The van der Waals surface area contributed by atoms with Crippen LogP contribution in [-0.4, -0.2) is 15.5 Å². The molecule has 0 unspecified atom stereocenters. The van der Waals surface area contributed by atoms with Crippen LogP contribution in [0.5, 0.6) is 0 Å². The quantitative estimate of drug-likeness (QED) is 0.918. The molecule has 1 amide bonds. The van der Waals surface area contributed by atoms with Crippen LogP contribution in [0, 0.1) is 5.41 Å². The highest BCUT2D eigenvalue weighted by molar-refractivity contribution is 5.76. The first-order valence-corrected chi connectivity index (χ1v) is 7.23. The molecule has 0 atom stereocenters. The van der Waals surface area contributed by atoms with Crippen LogP contribution in [0.2, 0.25) is 0 Å². The fraction of sp³-hybridized carbons (Fsp3) is 0.412. The number of carbonyl (C=O) groups excluding carboxylic acids is 1. The Hall–Kier alpha value is -2.10. The summed E-state index contributed by atoms with van der Waals surface area (Å²) in [6, 6.07) is 8.30. The number of aromatic nitrogens is 2. The van der Waals surface area contributed by atoms with Crippen molar-refractivity contribution in [3.05, 3.63) is 54.1 Å². The van der Waals surface area contributed by atoms with E-state index in [0.717, 1.165) is 12.1 Å². The van der Waals surface area contributed by atoms with Crippen LogP contribution in [0.15, 0.2) is 43.0 Å². The van der Waals surface area contributed by atoms with E-state index in [-0.39, 0.29) is 11.3 Å². The highest BCUT2D eigenvalue weighted by Crippen LogP contribution is 2.17. The van der Waals surface area contributed by atoms with Crippen molar-refractivity contribution in [2.24, 2.45) is 5.41 Å². The number of hydrogen-bond acceptors (Lipinski definition) is 2. The lowest BCUT2D eigenvalue weighted by Crippen LogP contribution is -2.27. The molecule has 0 bridgehead atoms. The van der Waals surface area contributed by atoms with Gasteiger partial charge in [0.25, 0.3) is 0 Å². The summed E-state index contributed by atoms with van der Waals surface area (Å²) in [5.41, 5.74) is 2.36. The summed E-state index contributed by atoms with van der Waals surface area (Å²) in [7, 11) is 0. The van der Waals surface area contributed by atoms with E-state index in [0.29, 0.717) is 13.0 Å². The molecule has 1 aromatic carbocycles. The number of rotatable bonds is 5. The van der Waals surface area contributed by atoms with Gasteiger partial charge in [0.2, 0.25) is 5.91 Å². The van der Waals surface area contributed by atoms with Crippen molar-refractivity contribution in [1.82, 2.24) is 14.9 Å². The molecule has 4 nitrogen and oxygen atoms in total. The standard InChI is InChI=1S/C17H23N3O/c1-17(2,3)10-16(21)19-11-14-4-6-15(7-5-14)12-20-9-8-18-13-20/h4-9,13H,10-12H2,1-3H3,(H,19,21). The second-order valence-corrected chi connectivity index (χ2v) is 6.57. The molecule has 0 radical (unpaired) electrons. The van der Waals surface area contributed by atoms with Gasteiger partial charge >= 0.3 is 0 Å². The third-order valence-corrected chi connectivity index (χ3v) is 3.13. The molecule has 2 rings (SSSR count). The minimum Gasteiger partial charge on any atom is -0.352 e. The van der Waals surface area contributed by atoms with E-state index >= 15 is 0 Å². The van der Waals surface area contributed by atoms with Gasteiger partial charge in [0.15, 0.2) is 0 Å². The molecule has 2 aromatic rings. The topological polar surface area (TPSA) is 46.9 Å². The number of benzene rings is 1. The van der Waals surface area contributed by atoms with Crippen molar-refractivity contribution < 1.29 is 4.79 Å². The first-order chi connectivity index (χ1) is 9.92. The Kier molecular flexibility index (Phi) is 4.78. The van der Waals surface area contributed by atoms with Crippen LogP contribution in [0.3, 0.4) is 0 Å². The Balaban J connectivity index is 1.84. The van der Waals surface area contributed by atoms with Crippen LogP contribution >= 0.6 is 0 Å². The maximum atomic E-state index is 11.8. The van der Waals surface area contributed by atoms with Crippen LogP contribution < -0.4 is 5.32 Å². The van der Waals surface area contributed by atoms with Gasteiger partial charge in [0.05, 0.1) is 6.33 Å². The number of hydrogen-bond donors (Lipinski definition) is 1. The maximum Gasteiger partial charge on any atom is 0.220 e. The zero-order valence-electron chi connectivity index (χ0n) is 13.0.